The molecule has 2 aliphatic rings. The zero-order valence-electron chi connectivity index (χ0n) is 11.5. The lowest BCUT2D eigenvalue weighted by atomic mass is 9.83. The Kier molecular flexibility index (Phi) is 3.58. The first-order chi connectivity index (χ1) is 7.68. The van der Waals surface area contributed by atoms with Crippen LogP contribution in [0.1, 0.15) is 26.7 Å². The molecular formula is C13H24BO2P. The van der Waals surface area contributed by atoms with E-state index in [0.717, 1.165) is 6.42 Å². The number of fused-ring (bicyclic) bond motifs is 1. The highest BCUT2D eigenvalue weighted by Crippen LogP contribution is 2.49. The molecule has 2 radical (unpaired) electrons. The summed E-state index contributed by atoms with van der Waals surface area (Å²) in [6.07, 6.45) is 8.00. The Bertz CT molecular complexity index is 336. The lowest BCUT2D eigenvalue weighted by molar-refractivity contribution is -0.156. The van der Waals surface area contributed by atoms with Gasteiger partial charge in [0.05, 0.1) is 20.1 Å². The van der Waals surface area contributed by atoms with Crippen molar-refractivity contribution in [2.45, 2.75) is 50.5 Å². The molecule has 2 fully saturated rings. The van der Waals surface area contributed by atoms with Gasteiger partial charge in [0.25, 0.3) is 0 Å². The predicted molar refractivity (Wildman–Crippen MR) is 76.8 cm³/mol. The molecule has 2 nitrogen and oxygen atoms in total. The highest BCUT2D eigenvalue weighted by atomic mass is 31.2. The molecule has 1 saturated heterocycles. The van der Waals surface area contributed by atoms with Crippen molar-refractivity contribution in [1.82, 2.24) is 0 Å². The SMILES string of the molecule is [B][C@@H]1C[C@H](CCP(=C)(C)C)[C@H]2OC(C)(C)O[C@H]21. The maximum Gasteiger partial charge on any atom is 0.163 e. The summed E-state index contributed by atoms with van der Waals surface area (Å²) in [6.45, 7) is 7.59. The minimum atomic E-state index is -0.944. The molecule has 0 aromatic rings. The van der Waals surface area contributed by atoms with Gasteiger partial charge in [-0.2, -0.15) is 0 Å². The van der Waals surface area contributed by atoms with Crippen LogP contribution in [0.4, 0.5) is 0 Å². The molecule has 0 aromatic carbocycles. The largest absolute Gasteiger partial charge is 0.345 e. The van der Waals surface area contributed by atoms with Crippen LogP contribution < -0.4 is 0 Å². The van der Waals surface area contributed by atoms with Crippen LogP contribution in [0.25, 0.3) is 0 Å². The average molecular weight is 254 g/mol. The molecule has 96 valence electrons. The van der Waals surface area contributed by atoms with Crippen LogP contribution in [0.3, 0.4) is 0 Å². The lowest BCUT2D eigenvalue weighted by Crippen LogP contribution is -2.25. The average Bonchev–Trinajstić information content (AvgIpc) is 2.58. The van der Waals surface area contributed by atoms with E-state index in [2.05, 4.69) is 19.6 Å². The Hall–Kier alpha value is 0.285. The standard InChI is InChI=1S/C13H24BO2P/c1-13(2)15-11-9(6-7-17(3,4)5)8-10(14)12(11)16-13/h9-12H,3,6-8H2,1-2,4-5H3/t9-,10+,11+,12-/m0/s1. The van der Waals surface area contributed by atoms with E-state index in [-0.39, 0.29) is 18.0 Å². The van der Waals surface area contributed by atoms with Gasteiger partial charge in [-0.1, -0.05) is 6.42 Å². The van der Waals surface area contributed by atoms with Crippen molar-refractivity contribution in [3.8, 4) is 0 Å². The second-order valence-corrected chi connectivity index (χ2v) is 11.0. The van der Waals surface area contributed by atoms with E-state index in [1.54, 1.807) is 0 Å². The maximum absolute atomic E-state index is 6.16. The zero-order valence-corrected chi connectivity index (χ0v) is 12.4. The first kappa shape index (κ1) is 13.7. The third-order valence-corrected chi connectivity index (χ3v) is 5.20. The normalized spacial score (nSPS) is 40.5. The van der Waals surface area contributed by atoms with Gasteiger partial charge in [0.1, 0.15) is 0 Å². The molecule has 0 amide bonds. The fourth-order valence-electron chi connectivity index (χ4n) is 2.93. The van der Waals surface area contributed by atoms with Crippen LogP contribution in [0.15, 0.2) is 0 Å². The molecular weight excluding hydrogens is 230 g/mol. The second kappa shape index (κ2) is 4.44. The molecule has 0 unspecified atom stereocenters. The van der Waals surface area contributed by atoms with E-state index in [9.17, 15) is 0 Å². The molecule has 1 aliphatic carbocycles. The minimum absolute atomic E-state index is 0.0984. The summed E-state index contributed by atoms with van der Waals surface area (Å²) < 4.78 is 11.9. The van der Waals surface area contributed by atoms with Gasteiger partial charge in [0.2, 0.25) is 0 Å². The summed E-state index contributed by atoms with van der Waals surface area (Å²) in [4.78, 5) is 0. The minimum Gasteiger partial charge on any atom is -0.345 e. The monoisotopic (exact) mass is 254 g/mol. The van der Waals surface area contributed by atoms with Crippen molar-refractivity contribution in [3.63, 3.8) is 0 Å². The summed E-state index contributed by atoms with van der Waals surface area (Å²) in [7, 11) is 6.16. The molecule has 1 heterocycles. The van der Waals surface area contributed by atoms with Crippen molar-refractivity contribution in [2.75, 3.05) is 19.5 Å². The van der Waals surface area contributed by atoms with Gasteiger partial charge in [-0.05, 0) is 51.5 Å². The molecule has 2 rings (SSSR count). The molecule has 17 heavy (non-hydrogen) atoms. The second-order valence-electron chi connectivity index (χ2n) is 6.67. The van der Waals surface area contributed by atoms with E-state index in [4.69, 9.17) is 17.3 Å². The summed E-state index contributed by atoms with van der Waals surface area (Å²) in [5.41, 5.74) is 0. The Morgan fingerprint density at radius 3 is 2.47 bits per heavy atom. The molecule has 4 atom stereocenters. The summed E-state index contributed by atoms with van der Waals surface area (Å²) in [5, 5.41) is 0. The summed E-state index contributed by atoms with van der Waals surface area (Å²) in [6, 6.07) is 0. The Morgan fingerprint density at radius 2 is 1.88 bits per heavy atom. The quantitative estimate of drug-likeness (QED) is 0.569. The smallest absolute Gasteiger partial charge is 0.163 e. The summed E-state index contributed by atoms with van der Waals surface area (Å²) in [5.74, 6) is 0.233. The highest BCUT2D eigenvalue weighted by Gasteiger charge is 2.51. The topological polar surface area (TPSA) is 18.5 Å². The number of hydrogen-bond acceptors (Lipinski definition) is 2. The number of hydrogen-bond donors (Lipinski definition) is 0. The van der Waals surface area contributed by atoms with E-state index in [1.807, 2.05) is 13.8 Å². The third-order valence-electron chi connectivity index (χ3n) is 3.73. The van der Waals surface area contributed by atoms with E-state index in [0.29, 0.717) is 5.92 Å². The van der Waals surface area contributed by atoms with Crippen LogP contribution in [-0.2, 0) is 9.47 Å². The van der Waals surface area contributed by atoms with Crippen molar-refractivity contribution in [1.29, 1.82) is 0 Å². The van der Waals surface area contributed by atoms with E-state index >= 15 is 0 Å². The summed E-state index contributed by atoms with van der Waals surface area (Å²) >= 11 is 0. The van der Waals surface area contributed by atoms with Crippen LogP contribution >= 0.6 is 6.89 Å². The van der Waals surface area contributed by atoms with Crippen LogP contribution in [0.5, 0.6) is 0 Å². The van der Waals surface area contributed by atoms with Crippen LogP contribution in [-0.4, -0.2) is 51.6 Å². The van der Waals surface area contributed by atoms with Crippen LogP contribution in [0.2, 0.25) is 5.82 Å². The molecule has 0 aromatic heterocycles. The predicted octanol–water partition coefficient (Wildman–Crippen LogP) is 2.58. The van der Waals surface area contributed by atoms with Crippen molar-refractivity contribution >= 4 is 21.0 Å². The molecule has 0 bridgehead atoms. The Labute approximate surface area is 107 Å². The Morgan fingerprint density at radius 1 is 1.29 bits per heavy atom. The fraction of sp³-hybridized carbons (Fsp3) is 0.923. The number of rotatable bonds is 3. The van der Waals surface area contributed by atoms with Gasteiger partial charge >= 0.3 is 0 Å². The third kappa shape index (κ3) is 3.19. The molecule has 0 N–H and O–H groups in total. The van der Waals surface area contributed by atoms with Gasteiger partial charge in [-0.3, -0.25) is 0 Å². The van der Waals surface area contributed by atoms with Crippen LogP contribution in [0, 0.1) is 5.92 Å². The molecule has 1 aliphatic heterocycles. The molecule has 0 spiro atoms. The lowest BCUT2D eigenvalue weighted by Gasteiger charge is -2.24. The van der Waals surface area contributed by atoms with Gasteiger partial charge in [0, 0.05) is 0 Å². The van der Waals surface area contributed by atoms with E-state index in [1.165, 1.54) is 12.6 Å². The van der Waals surface area contributed by atoms with Crippen molar-refractivity contribution < 1.29 is 9.47 Å². The maximum atomic E-state index is 6.16. The van der Waals surface area contributed by atoms with Gasteiger partial charge < -0.3 is 9.47 Å². The van der Waals surface area contributed by atoms with Gasteiger partial charge in [-0.15, -0.1) is 13.2 Å². The van der Waals surface area contributed by atoms with Gasteiger partial charge in [0.15, 0.2) is 5.79 Å². The van der Waals surface area contributed by atoms with Gasteiger partial charge in [-0.25, -0.2) is 0 Å². The van der Waals surface area contributed by atoms with E-state index < -0.39 is 12.7 Å². The molecule has 4 heteroatoms. The first-order valence-electron chi connectivity index (χ1n) is 6.46. The van der Waals surface area contributed by atoms with Crippen molar-refractivity contribution in [2.24, 2.45) is 5.92 Å². The zero-order chi connectivity index (χ0) is 12.8. The Balaban J connectivity index is 1.99. The van der Waals surface area contributed by atoms with Crippen molar-refractivity contribution in [3.05, 3.63) is 0 Å². The first-order valence-corrected chi connectivity index (χ1v) is 9.52. The highest BCUT2D eigenvalue weighted by molar-refractivity contribution is 7.72. The molecule has 1 saturated carbocycles. The number of ether oxygens (including phenoxy) is 2. The fourth-order valence-corrected chi connectivity index (χ4v) is 3.96.